The summed E-state index contributed by atoms with van der Waals surface area (Å²) in [4.78, 5) is 10.8. The van der Waals surface area contributed by atoms with E-state index in [9.17, 15) is 4.79 Å². The van der Waals surface area contributed by atoms with Crippen LogP contribution in [0, 0.1) is 3.57 Å². The molecule has 2 N–H and O–H groups in total. The van der Waals surface area contributed by atoms with Gasteiger partial charge in [0, 0.05) is 15.8 Å². The maximum Gasteiger partial charge on any atom is 0.307 e. The standard InChI is InChI=1S/C15H14INO2/c16-13-6-3-7-14(9-13)17-10-12-5-2-1-4-11(12)8-15(18)19/h1-7,9,17H,8,10H2,(H,18,19). The molecular formula is C15H14INO2. The number of halogens is 1. The normalized spacial score (nSPS) is 10.2. The Balaban J connectivity index is 2.09. The van der Waals surface area contributed by atoms with E-state index in [0.717, 1.165) is 16.8 Å². The highest BCUT2D eigenvalue weighted by atomic mass is 127. The van der Waals surface area contributed by atoms with E-state index in [1.807, 2.05) is 42.5 Å². The summed E-state index contributed by atoms with van der Waals surface area (Å²) < 4.78 is 1.17. The molecule has 0 bridgehead atoms. The Kier molecular flexibility index (Phi) is 4.79. The highest BCUT2D eigenvalue weighted by Gasteiger charge is 2.05. The van der Waals surface area contributed by atoms with Gasteiger partial charge in [0.1, 0.15) is 0 Å². The Morgan fingerprint density at radius 2 is 1.84 bits per heavy atom. The molecule has 0 saturated heterocycles. The molecule has 2 aromatic rings. The van der Waals surface area contributed by atoms with Crippen LogP contribution in [0.5, 0.6) is 0 Å². The minimum atomic E-state index is -0.804. The minimum Gasteiger partial charge on any atom is -0.481 e. The third-order valence-corrected chi connectivity index (χ3v) is 3.44. The molecule has 19 heavy (non-hydrogen) atoms. The molecular weight excluding hydrogens is 353 g/mol. The first-order valence-electron chi connectivity index (χ1n) is 5.93. The van der Waals surface area contributed by atoms with Crippen LogP contribution in [0.2, 0.25) is 0 Å². The zero-order valence-electron chi connectivity index (χ0n) is 10.3. The number of nitrogens with one attached hydrogen (secondary N) is 1. The summed E-state index contributed by atoms with van der Waals surface area (Å²) in [6, 6.07) is 15.7. The number of anilines is 1. The fraction of sp³-hybridized carbons (Fsp3) is 0.133. The molecule has 0 heterocycles. The van der Waals surface area contributed by atoms with Crippen molar-refractivity contribution in [2.24, 2.45) is 0 Å². The van der Waals surface area contributed by atoms with Crippen molar-refractivity contribution < 1.29 is 9.90 Å². The first-order chi connectivity index (χ1) is 9.15. The van der Waals surface area contributed by atoms with Gasteiger partial charge in [0.15, 0.2) is 0 Å². The lowest BCUT2D eigenvalue weighted by atomic mass is 10.0. The maximum atomic E-state index is 10.8. The minimum absolute atomic E-state index is 0.0597. The highest BCUT2D eigenvalue weighted by Crippen LogP contribution is 2.15. The molecule has 0 fully saturated rings. The van der Waals surface area contributed by atoms with Crippen LogP contribution >= 0.6 is 22.6 Å². The molecule has 0 spiro atoms. The molecule has 0 saturated carbocycles. The number of carboxylic acid groups (broad SMARTS) is 1. The summed E-state index contributed by atoms with van der Waals surface area (Å²) in [7, 11) is 0. The van der Waals surface area contributed by atoms with Crippen LogP contribution in [0.4, 0.5) is 5.69 Å². The van der Waals surface area contributed by atoms with Crippen LogP contribution in [-0.2, 0) is 17.8 Å². The Hall–Kier alpha value is -1.56. The monoisotopic (exact) mass is 367 g/mol. The molecule has 2 aromatic carbocycles. The molecule has 0 aliphatic rings. The molecule has 0 aliphatic heterocycles. The van der Waals surface area contributed by atoms with Crippen LogP contribution < -0.4 is 5.32 Å². The highest BCUT2D eigenvalue weighted by molar-refractivity contribution is 14.1. The van der Waals surface area contributed by atoms with E-state index in [1.165, 1.54) is 3.57 Å². The number of benzene rings is 2. The van der Waals surface area contributed by atoms with E-state index < -0.39 is 5.97 Å². The lowest BCUT2D eigenvalue weighted by Crippen LogP contribution is -2.07. The third-order valence-electron chi connectivity index (χ3n) is 2.77. The quantitative estimate of drug-likeness (QED) is 0.795. The van der Waals surface area contributed by atoms with Gasteiger partial charge in [0.2, 0.25) is 0 Å². The Morgan fingerprint density at radius 3 is 2.53 bits per heavy atom. The van der Waals surface area contributed by atoms with Crippen molar-refractivity contribution in [3.63, 3.8) is 0 Å². The van der Waals surface area contributed by atoms with Gasteiger partial charge >= 0.3 is 5.97 Å². The number of rotatable bonds is 5. The molecule has 98 valence electrons. The Bertz CT molecular complexity index is 584. The van der Waals surface area contributed by atoms with Crippen molar-refractivity contribution in [3.8, 4) is 0 Å². The number of aliphatic carboxylic acids is 1. The zero-order valence-corrected chi connectivity index (χ0v) is 12.4. The van der Waals surface area contributed by atoms with Crippen molar-refractivity contribution in [2.45, 2.75) is 13.0 Å². The molecule has 0 aliphatic carbocycles. The van der Waals surface area contributed by atoms with Gasteiger partial charge in [-0.1, -0.05) is 30.3 Å². The van der Waals surface area contributed by atoms with Crippen molar-refractivity contribution >= 4 is 34.2 Å². The van der Waals surface area contributed by atoms with Gasteiger partial charge in [-0.25, -0.2) is 0 Å². The summed E-state index contributed by atoms with van der Waals surface area (Å²) >= 11 is 2.26. The van der Waals surface area contributed by atoms with E-state index in [-0.39, 0.29) is 6.42 Å². The summed E-state index contributed by atoms with van der Waals surface area (Å²) in [5.41, 5.74) is 2.91. The molecule has 0 radical (unpaired) electrons. The second-order valence-electron chi connectivity index (χ2n) is 4.20. The lowest BCUT2D eigenvalue weighted by molar-refractivity contribution is -0.136. The Labute approximate surface area is 125 Å². The number of carbonyl (C=O) groups is 1. The predicted molar refractivity (Wildman–Crippen MR) is 84.3 cm³/mol. The van der Waals surface area contributed by atoms with E-state index in [4.69, 9.17) is 5.11 Å². The number of hydrogen-bond donors (Lipinski definition) is 2. The molecule has 4 heteroatoms. The third kappa shape index (κ3) is 4.24. The van der Waals surface area contributed by atoms with Crippen LogP contribution in [0.25, 0.3) is 0 Å². The smallest absolute Gasteiger partial charge is 0.307 e. The SMILES string of the molecule is O=C(O)Cc1ccccc1CNc1cccc(I)c1. The van der Waals surface area contributed by atoms with Crippen molar-refractivity contribution in [1.82, 2.24) is 0 Å². The first kappa shape index (κ1) is 13.9. The Morgan fingerprint density at radius 1 is 1.11 bits per heavy atom. The van der Waals surface area contributed by atoms with Crippen LogP contribution in [-0.4, -0.2) is 11.1 Å². The number of carboxylic acids is 1. The average Bonchev–Trinajstić information content (AvgIpc) is 2.37. The summed E-state index contributed by atoms with van der Waals surface area (Å²) in [5, 5.41) is 12.2. The fourth-order valence-corrected chi connectivity index (χ4v) is 2.40. The molecule has 3 nitrogen and oxygen atoms in total. The van der Waals surface area contributed by atoms with Crippen LogP contribution in [0.15, 0.2) is 48.5 Å². The van der Waals surface area contributed by atoms with E-state index in [0.29, 0.717) is 6.54 Å². The average molecular weight is 367 g/mol. The molecule has 0 unspecified atom stereocenters. The van der Waals surface area contributed by atoms with Gasteiger partial charge in [-0.05, 0) is 51.9 Å². The van der Waals surface area contributed by atoms with Crippen molar-refractivity contribution in [1.29, 1.82) is 0 Å². The van der Waals surface area contributed by atoms with Gasteiger partial charge < -0.3 is 10.4 Å². The fourth-order valence-electron chi connectivity index (χ4n) is 1.86. The first-order valence-corrected chi connectivity index (χ1v) is 7.01. The maximum absolute atomic E-state index is 10.8. The molecule has 0 aromatic heterocycles. The number of hydrogen-bond acceptors (Lipinski definition) is 2. The summed E-state index contributed by atoms with van der Waals surface area (Å²) in [6.07, 6.45) is 0.0597. The molecule has 0 amide bonds. The van der Waals surface area contributed by atoms with Gasteiger partial charge in [-0.2, -0.15) is 0 Å². The van der Waals surface area contributed by atoms with Gasteiger partial charge in [-0.15, -0.1) is 0 Å². The van der Waals surface area contributed by atoms with Gasteiger partial charge in [0.25, 0.3) is 0 Å². The van der Waals surface area contributed by atoms with Crippen LogP contribution in [0.3, 0.4) is 0 Å². The predicted octanol–water partition coefficient (Wildman–Crippen LogP) is 3.53. The topological polar surface area (TPSA) is 49.3 Å². The largest absolute Gasteiger partial charge is 0.481 e. The second-order valence-corrected chi connectivity index (χ2v) is 5.45. The zero-order chi connectivity index (χ0) is 13.7. The summed E-state index contributed by atoms with van der Waals surface area (Å²) in [6.45, 7) is 0.629. The second kappa shape index (κ2) is 6.56. The van der Waals surface area contributed by atoms with Gasteiger partial charge in [0.05, 0.1) is 6.42 Å². The van der Waals surface area contributed by atoms with Crippen molar-refractivity contribution in [2.75, 3.05) is 5.32 Å². The van der Waals surface area contributed by atoms with E-state index in [1.54, 1.807) is 0 Å². The van der Waals surface area contributed by atoms with Gasteiger partial charge in [-0.3, -0.25) is 4.79 Å². The lowest BCUT2D eigenvalue weighted by Gasteiger charge is -2.10. The molecule has 0 atom stereocenters. The van der Waals surface area contributed by atoms with Crippen molar-refractivity contribution in [3.05, 3.63) is 63.2 Å². The molecule has 2 rings (SSSR count). The van der Waals surface area contributed by atoms with Crippen LogP contribution in [0.1, 0.15) is 11.1 Å². The summed E-state index contributed by atoms with van der Waals surface area (Å²) in [5.74, 6) is -0.804. The van der Waals surface area contributed by atoms with E-state index >= 15 is 0 Å². The van der Waals surface area contributed by atoms with E-state index in [2.05, 4.69) is 34.0 Å².